The summed E-state index contributed by atoms with van der Waals surface area (Å²) in [5.41, 5.74) is 2.25. The van der Waals surface area contributed by atoms with Crippen LogP contribution < -0.4 is 20.1 Å². The van der Waals surface area contributed by atoms with Crippen molar-refractivity contribution in [3.05, 3.63) is 90.1 Å². The lowest BCUT2D eigenvalue weighted by molar-refractivity contribution is 0.212. The molecule has 0 aliphatic rings. The second kappa shape index (κ2) is 11.3. The number of para-hydroxylation sites is 1. The lowest BCUT2D eigenvalue weighted by Crippen LogP contribution is -2.36. The molecule has 0 radical (unpaired) electrons. The van der Waals surface area contributed by atoms with Gasteiger partial charge in [-0.2, -0.15) is 0 Å². The number of benzene rings is 2. The van der Waals surface area contributed by atoms with Crippen LogP contribution in [0.5, 0.6) is 11.6 Å². The number of aliphatic imine (C=N–C) groups is 1. The molecule has 3 rings (SSSR count). The minimum Gasteiger partial charge on any atom is -0.490 e. The van der Waals surface area contributed by atoms with E-state index in [2.05, 4.69) is 32.7 Å². The number of pyridine rings is 1. The van der Waals surface area contributed by atoms with Crippen molar-refractivity contribution in [2.24, 2.45) is 4.99 Å². The minimum atomic E-state index is 0.440. The Morgan fingerprint density at radius 2 is 1.45 bits per heavy atom. The molecule has 0 aliphatic heterocycles. The van der Waals surface area contributed by atoms with Gasteiger partial charge in [-0.25, -0.2) is 4.98 Å². The number of ether oxygens (including phenoxy) is 2. The summed E-state index contributed by atoms with van der Waals surface area (Å²) in [6.07, 6.45) is 1.80. The first kappa shape index (κ1) is 20.2. The summed E-state index contributed by atoms with van der Waals surface area (Å²) in [5.74, 6) is 2.16. The molecule has 0 fully saturated rings. The van der Waals surface area contributed by atoms with Crippen molar-refractivity contribution < 1.29 is 9.47 Å². The first-order valence-corrected chi connectivity index (χ1v) is 9.57. The van der Waals surface area contributed by atoms with Crippen LogP contribution in [0.3, 0.4) is 0 Å². The molecular formula is C23H26N4O2. The maximum Gasteiger partial charge on any atom is 0.213 e. The van der Waals surface area contributed by atoms with Crippen molar-refractivity contribution in [2.45, 2.75) is 13.1 Å². The Hall–Kier alpha value is -3.54. The molecule has 0 saturated heterocycles. The lowest BCUT2D eigenvalue weighted by Gasteiger charge is -2.12. The molecule has 0 aliphatic carbocycles. The zero-order valence-corrected chi connectivity index (χ0v) is 16.5. The molecule has 0 amide bonds. The third kappa shape index (κ3) is 7.18. The quantitative estimate of drug-likeness (QED) is 0.333. The average Bonchev–Trinajstić information content (AvgIpc) is 2.79. The van der Waals surface area contributed by atoms with Gasteiger partial charge in [0, 0.05) is 32.4 Å². The number of hydrogen-bond donors (Lipinski definition) is 2. The van der Waals surface area contributed by atoms with Gasteiger partial charge in [-0.05, 0) is 23.3 Å². The van der Waals surface area contributed by atoms with Gasteiger partial charge in [0.15, 0.2) is 5.96 Å². The SMILES string of the molecule is CN=C(NCc1ccccc1)NCc1ccc(OCCOc2ccccc2)nc1. The van der Waals surface area contributed by atoms with E-state index in [1.54, 1.807) is 13.2 Å². The van der Waals surface area contributed by atoms with E-state index in [0.717, 1.165) is 23.8 Å². The molecule has 0 unspecified atom stereocenters. The molecule has 0 bridgehead atoms. The zero-order chi connectivity index (χ0) is 20.2. The van der Waals surface area contributed by atoms with E-state index in [4.69, 9.17) is 9.47 Å². The van der Waals surface area contributed by atoms with Crippen molar-refractivity contribution in [1.82, 2.24) is 15.6 Å². The second-order valence-corrected chi connectivity index (χ2v) is 6.28. The molecule has 2 aromatic carbocycles. The number of rotatable bonds is 9. The van der Waals surface area contributed by atoms with Crippen LogP contribution in [0.4, 0.5) is 0 Å². The van der Waals surface area contributed by atoms with E-state index in [1.807, 2.05) is 60.7 Å². The van der Waals surface area contributed by atoms with Gasteiger partial charge in [-0.1, -0.05) is 54.6 Å². The monoisotopic (exact) mass is 390 g/mol. The lowest BCUT2D eigenvalue weighted by atomic mass is 10.2. The average molecular weight is 390 g/mol. The Labute approximate surface area is 171 Å². The van der Waals surface area contributed by atoms with Gasteiger partial charge in [0.2, 0.25) is 5.88 Å². The second-order valence-electron chi connectivity index (χ2n) is 6.28. The molecule has 1 aromatic heterocycles. The maximum atomic E-state index is 5.62. The molecular weight excluding hydrogens is 364 g/mol. The van der Waals surface area contributed by atoms with E-state index in [9.17, 15) is 0 Å². The van der Waals surface area contributed by atoms with Gasteiger partial charge in [0.1, 0.15) is 19.0 Å². The van der Waals surface area contributed by atoms with Gasteiger partial charge >= 0.3 is 0 Å². The molecule has 6 heteroatoms. The van der Waals surface area contributed by atoms with Gasteiger partial charge in [-0.3, -0.25) is 4.99 Å². The number of aromatic nitrogens is 1. The zero-order valence-electron chi connectivity index (χ0n) is 16.5. The predicted octanol–water partition coefficient (Wildman–Crippen LogP) is 3.40. The van der Waals surface area contributed by atoms with Crippen molar-refractivity contribution in [3.8, 4) is 11.6 Å². The third-order valence-electron chi connectivity index (χ3n) is 4.13. The smallest absolute Gasteiger partial charge is 0.213 e. The maximum absolute atomic E-state index is 5.62. The minimum absolute atomic E-state index is 0.440. The summed E-state index contributed by atoms with van der Waals surface area (Å²) in [4.78, 5) is 8.59. The van der Waals surface area contributed by atoms with Crippen LogP contribution in [0, 0.1) is 0 Å². The van der Waals surface area contributed by atoms with Crippen LogP contribution >= 0.6 is 0 Å². The Kier molecular flexibility index (Phi) is 7.90. The van der Waals surface area contributed by atoms with Crippen molar-refractivity contribution in [1.29, 1.82) is 0 Å². The highest BCUT2D eigenvalue weighted by atomic mass is 16.5. The van der Waals surface area contributed by atoms with Crippen molar-refractivity contribution >= 4 is 5.96 Å². The summed E-state index contributed by atoms with van der Waals surface area (Å²) in [7, 11) is 1.76. The molecule has 3 aromatic rings. The summed E-state index contributed by atoms with van der Waals surface area (Å²) in [6, 6.07) is 23.7. The van der Waals surface area contributed by atoms with Crippen molar-refractivity contribution in [2.75, 3.05) is 20.3 Å². The predicted molar refractivity (Wildman–Crippen MR) is 115 cm³/mol. The molecule has 150 valence electrons. The number of hydrogen-bond acceptors (Lipinski definition) is 4. The van der Waals surface area contributed by atoms with E-state index < -0.39 is 0 Å². The van der Waals surface area contributed by atoms with Crippen LogP contribution in [-0.2, 0) is 13.1 Å². The number of nitrogens with zero attached hydrogens (tertiary/aromatic N) is 2. The highest BCUT2D eigenvalue weighted by Crippen LogP contribution is 2.10. The molecule has 0 atom stereocenters. The fraction of sp³-hybridized carbons (Fsp3) is 0.217. The topological polar surface area (TPSA) is 67.8 Å². The summed E-state index contributed by atoms with van der Waals surface area (Å²) >= 11 is 0. The molecule has 0 spiro atoms. The van der Waals surface area contributed by atoms with E-state index >= 15 is 0 Å². The fourth-order valence-corrected chi connectivity index (χ4v) is 2.61. The van der Waals surface area contributed by atoms with Gasteiger partial charge in [0.25, 0.3) is 0 Å². The first-order chi connectivity index (χ1) is 14.3. The van der Waals surface area contributed by atoms with E-state index in [1.165, 1.54) is 5.56 Å². The molecule has 29 heavy (non-hydrogen) atoms. The van der Waals surface area contributed by atoms with E-state index in [-0.39, 0.29) is 0 Å². The normalized spacial score (nSPS) is 11.0. The Morgan fingerprint density at radius 1 is 0.793 bits per heavy atom. The van der Waals surface area contributed by atoms with Crippen molar-refractivity contribution in [3.63, 3.8) is 0 Å². The number of nitrogens with one attached hydrogen (secondary N) is 2. The Bertz CT molecular complexity index is 868. The van der Waals surface area contributed by atoms with Crippen LogP contribution in [0.25, 0.3) is 0 Å². The highest BCUT2D eigenvalue weighted by Gasteiger charge is 2.01. The molecule has 1 heterocycles. The molecule has 6 nitrogen and oxygen atoms in total. The summed E-state index contributed by atoms with van der Waals surface area (Å²) in [5, 5.41) is 6.58. The molecule has 2 N–H and O–H groups in total. The van der Waals surface area contributed by atoms with Crippen LogP contribution in [0.1, 0.15) is 11.1 Å². The van der Waals surface area contributed by atoms with Crippen LogP contribution in [0.15, 0.2) is 84.0 Å². The van der Waals surface area contributed by atoms with Gasteiger partial charge < -0.3 is 20.1 Å². The van der Waals surface area contributed by atoms with Crippen LogP contribution in [0.2, 0.25) is 0 Å². The Morgan fingerprint density at radius 3 is 2.10 bits per heavy atom. The van der Waals surface area contributed by atoms with Gasteiger partial charge in [0.05, 0.1) is 0 Å². The Balaban J connectivity index is 1.37. The summed E-state index contributed by atoms with van der Waals surface area (Å²) < 4.78 is 11.2. The fourth-order valence-electron chi connectivity index (χ4n) is 2.61. The number of guanidine groups is 1. The standard InChI is InChI=1S/C23H26N4O2/c1-24-23(26-16-19-8-4-2-5-9-19)27-18-20-12-13-22(25-17-20)29-15-14-28-21-10-6-3-7-11-21/h2-13,17H,14-16,18H2,1H3,(H2,24,26,27). The van der Waals surface area contributed by atoms with E-state index in [0.29, 0.717) is 25.6 Å². The summed E-state index contributed by atoms with van der Waals surface area (Å²) in [6.45, 7) is 2.25. The first-order valence-electron chi connectivity index (χ1n) is 9.57. The third-order valence-corrected chi connectivity index (χ3v) is 4.13. The largest absolute Gasteiger partial charge is 0.490 e. The highest BCUT2D eigenvalue weighted by molar-refractivity contribution is 5.79. The van der Waals surface area contributed by atoms with Gasteiger partial charge in [-0.15, -0.1) is 0 Å². The van der Waals surface area contributed by atoms with Crippen LogP contribution in [-0.4, -0.2) is 31.2 Å². The molecule has 0 saturated carbocycles.